The third-order valence-corrected chi connectivity index (χ3v) is 4.80. The summed E-state index contributed by atoms with van der Waals surface area (Å²) in [5.41, 5.74) is 1.62. The minimum atomic E-state index is -0.297. The van der Waals surface area contributed by atoms with Crippen LogP contribution in [0.2, 0.25) is 5.02 Å². The summed E-state index contributed by atoms with van der Waals surface area (Å²) in [5, 5.41) is 10.7. The summed E-state index contributed by atoms with van der Waals surface area (Å²) in [4.78, 5) is 4.32. The second-order valence-electron chi connectivity index (χ2n) is 5.39. The molecule has 0 spiro atoms. The van der Waals surface area contributed by atoms with Gasteiger partial charge >= 0.3 is 0 Å². The predicted octanol–water partition coefficient (Wildman–Crippen LogP) is 5.27. The second-order valence-corrected chi connectivity index (χ2v) is 6.82. The van der Waals surface area contributed by atoms with Crippen molar-refractivity contribution in [3.63, 3.8) is 0 Å². The first kappa shape index (κ1) is 16.8. The Morgan fingerprint density at radius 2 is 1.65 bits per heavy atom. The van der Waals surface area contributed by atoms with Crippen molar-refractivity contribution in [1.29, 1.82) is 0 Å². The first-order valence-corrected chi connectivity index (χ1v) is 8.96. The lowest BCUT2D eigenvalue weighted by molar-refractivity contribution is 0.627. The summed E-state index contributed by atoms with van der Waals surface area (Å²) in [5.74, 6) is 0.348. The lowest BCUT2D eigenvalue weighted by Gasteiger charge is -2.10. The molecule has 0 saturated carbocycles. The van der Waals surface area contributed by atoms with Gasteiger partial charge in [-0.2, -0.15) is 0 Å². The third-order valence-electron chi connectivity index (χ3n) is 3.65. The molecule has 0 saturated heterocycles. The smallest absolute Gasteiger partial charge is 0.202 e. The van der Waals surface area contributed by atoms with Gasteiger partial charge in [-0.05, 0) is 72.4 Å². The first-order valence-electron chi connectivity index (χ1n) is 7.77. The van der Waals surface area contributed by atoms with Crippen molar-refractivity contribution in [3.05, 3.63) is 83.8 Å². The van der Waals surface area contributed by atoms with E-state index in [1.54, 1.807) is 30.5 Å². The van der Waals surface area contributed by atoms with Crippen LogP contribution in [0.15, 0.2) is 83.1 Å². The van der Waals surface area contributed by atoms with E-state index >= 15 is 0 Å². The van der Waals surface area contributed by atoms with Gasteiger partial charge < -0.3 is 0 Å². The van der Waals surface area contributed by atoms with Crippen molar-refractivity contribution >= 4 is 23.4 Å². The molecule has 0 amide bonds. The van der Waals surface area contributed by atoms with Crippen LogP contribution in [0.25, 0.3) is 17.1 Å². The monoisotopic (exact) mass is 382 g/mol. The van der Waals surface area contributed by atoms with Gasteiger partial charge in [0.1, 0.15) is 10.8 Å². The van der Waals surface area contributed by atoms with Crippen LogP contribution in [-0.4, -0.2) is 19.7 Å². The van der Waals surface area contributed by atoms with Crippen LogP contribution in [0.3, 0.4) is 0 Å². The highest BCUT2D eigenvalue weighted by molar-refractivity contribution is 7.99. The zero-order chi connectivity index (χ0) is 17.9. The molecule has 0 fully saturated rings. The minimum absolute atomic E-state index is 0.297. The lowest BCUT2D eigenvalue weighted by atomic mass is 10.2. The van der Waals surface area contributed by atoms with Crippen LogP contribution < -0.4 is 0 Å². The van der Waals surface area contributed by atoms with Gasteiger partial charge in [-0.1, -0.05) is 17.7 Å². The molecular weight excluding hydrogens is 371 g/mol. The van der Waals surface area contributed by atoms with E-state index in [2.05, 4.69) is 15.2 Å². The minimum Gasteiger partial charge on any atom is -0.270 e. The molecule has 26 heavy (non-hydrogen) atoms. The molecule has 2 aromatic heterocycles. The van der Waals surface area contributed by atoms with Gasteiger partial charge in [0.05, 0.1) is 0 Å². The average molecular weight is 383 g/mol. The molecule has 0 aliphatic rings. The summed E-state index contributed by atoms with van der Waals surface area (Å²) in [6.45, 7) is 0. The first-order chi connectivity index (χ1) is 12.7. The Kier molecular flexibility index (Phi) is 4.69. The van der Waals surface area contributed by atoms with E-state index in [4.69, 9.17) is 11.6 Å². The Morgan fingerprint density at radius 3 is 2.35 bits per heavy atom. The quantitative estimate of drug-likeness (QED) is 0.482. The number of halogens is 2. The van der Waals surface area contributed by atoms with Crippen LogP contribution in [0.5, 0.6) is 0 Å². The van der Waals surface area contributed by atoms with E-state index in [1.807, 2.05) is 34.9 Å². The van der Waals surface area contributed by atoms with Gasteiger partial charge in [-0.15, -0.1) is 10.2 Å². The van der Waals surface area contributed by atoms with Crippen LogP contribution in [0.1, 0.15) is 0 Å². The lowest BCUT2D eigenvalue weighted by Crippen LogP contribution is -2.00. The Labute approximate surface area is 158 Å². The third kappa shape index (κ3) is 3.47. The van der Waals surface area contributed by atoms with E-state index in [9.17, 15) is 4.39 Å². The van der Waals surface area contributed by atoms with Gasteiger partial charge in [0.15, 0.2) is 5.82 Å². The maximum absolute atomic E-state index is 13.4. The topological polar surface area (TPSA) is 43.6 Å². The number of benzene rings is 2. The van der Waals surface area contributed by atoms with Crippen LogP contribution >= 0.6 is 23.4 Å². The molecule has 0 aliphatic heterocycles. The Balaban J connectivity index is 1.84. The number of hydrogen-bond donors (Lipinski definition) is 0. The molecule has 2 heterocycles. The van der Waals surface area contributed by atoms with Crippen molar-refractivity contribution in [3.8, 4) is 17.1 Å². The molecule has 0 atom stereocenters. The van der Waals surface area contributed by atoms with Crippen molar-refractivity contribution < 1.29 is 4.39 Å². The maximum Gasteiger partial charge on any atom is 0.202 e. The highest BCUT2D eigenvalue weighted by Gasteiger charge is 2.17. The van der Waals surface area contributed by atoms with E-state index in [0.29, 0.717) is 16.0 Å². The molecule has 2 aromatic carbocycles. The zero-order valence-corrected chi connectivity index (χ0v) is 15.0. The highest BCUT2D eigenvalue weighted by atomic mass is 35.5. The predicted molar refractivity (Wildman–Crippen MR) is 100 cm³/mol. The van der Waals surface area contributed by atoms with Crippen molar-refractivity contribution in [1.82, 2.24) is 19.7 Å². The summed E-state index contributed by atoms with van der Waals surface area (Å²) < 4.78 is 15.3. The molecule has 0 aliphatic carbocycles. The van der Waals surface area contributed by atoms with E-state index in [0.717, 1.165) is 16.3 Å². The van der Waals surface area contributed by atoms with Crippen molar-refractivity contribution in [2.24, 2.45) is 0 Å². The molecule has 4 nitrogen and oxygen atoms in total. The molecule has 0 bridgehead atoms. The maximum atomic E-state index is 13.4. The van der Waals surface area contributed by atoms with Gasteiger partial charge in [0, 0.05) is 22.5 Å². The van der Waals surface area contributed by atoms with Gasteiger partial charge in [-0.3, -0.25) is 4.57 Å². The number of nitrogens with zero attached hydrogens (tertiary/aromatic N) is 4. The standard InChI is InChI=1S/C19H12ClFN4S/c20-14-6-4-13(5-7-14)18-23-24-19(26-17-3-1-2-12-22-17)25(18)16-10-8-15(21)9-11-16/h1-12H. The van der Waals surface area contributed by atoms with E-state index < -0.39 is 0 Å². The van der Waals surface area contributed by atoms with E-state index in [1.165, 1.54) is 23.9 Å². The number of rotatable bonds is 4. The zero-order valence-electron chi connectivity index (χ0n) is 13.4. The number of aromatic nitrogens is 4. The summed E-state index contributed by atoms with van der Waals surface area (Å²) in [7, 11) is 0. The fourth-order valence-corrected chi connectivity index (χ4v) is 3.38. The fourth-order valence-electron chi connectivity index (χ4n) is 2.45. The Morgan fingerprint density at radius 1 is 0.885 bits per heavy atom. The van der Waals surface area contributed by atoms with E-state index in [-0.39, 0.29) is 5.82 Å². The summed E-state index contributed by atoms with van der Waals surface area (Å²) >= 11 is 7.38. The number of pyridine rings is 1. The number of hydrogen-bond acceptors (Lipinski definition) is 4. The fraction of sp³-hybridized carbons (Fsp3) is 0. The van der Waals surface area contributed by atoms with Gasteiger partial charge in [-0.25, -0.2) is 9.37 Å². The van der Waals surface area contributed by atoms with Gasteiger partial charge in [0.2, 0.25) is 5.16 Å². The van der Waals surface area contributed by atoms with Crippen LogP contribution in [0.4, 0.5) is 4.39 Å². The molecule has 128 valence electrons. The molecular formula is C19H12ClFN4S. The van der Waals surface area contributed by atoms with Crippen LogP contribution in [0, 0.1) is 5.82 Å². The Hall–Kier alpha value is -2.70. The summed E-state index contributed by atoms with van der Waals surface area (Å²) in [6.07, 6.45) is 1.72. The van der Waals surface area contributed by atoms with Crippen molar-refractivity contribution in [2.75, 3.05) is 0 Å². The largest absolute Gasteiger partial charge is 0.270 e. The second kappa shape index (κ2) is 7.27. The molecule has 4 aromatic rings. The normalized spacial score (nSPS) is 10.8. The molecule has 4 rings (SSSR count). The molecule has 0 N–H and O–H groups in total. The van der Waals surface area contributed by atoms with Gasteiger partial charge in [0.25, 0.3) is 0 Å². The molecule has 0 unspecified atom stereocenters. The van der Waals surface area contributed by atoms with Crippen molar-refractivity contribution in [2.45, 2.75) is 10.2 Å². The molecule has 7 heteroatoms. The highest BCUT2D eigenvalue weighted by Crippen LogP contribution is 2.31. The SMILES string of the molecule is Fc1ccc(-n2c(Sc3ccccn3)nnc2-c2ccc(Cl)cc2)cc1. The molecule has 0 radical (unpaired) electrons. The average Bonchev–Trinajstić information content (AvgIpc) is 3.07. The Bertz CT molecular complexity index is 1020. The van der Waals surface area contributed by atoms with Crippen LogP contribution in [-0.2, 0) is 0 Å². The summed E-state index contributed by atoms with van der Waals surface area (Å²) in [6, 6.07) is 19.2.